The van der Waals surface area contributed by atoms with Crippen LogP contribution in [-0.4, -0.2) is 22.3 Å². The molecule has 3 nitrogen and oxygen atoms in total. The zero-order chi connectivity index (χ0) is 13.9. The van der Waals surface area contributed by atoms with Crippen molar-refractivity contribution in [2.24, 2.45) is 5.92 Å². The predicted molar refractivity (Wildman–Crippen MR) is 64.1 cm³/mol. The molecular weight excluding hydrogens is 281 g/mol. The van der Waals surface area contributed by atoms with Crippen LogP contribution in [0.2, 0.25) is 0 Å². The third-order valence-electron chi connectivity index (χ3n) is 3.55. The number of alkyl halides is 4. The molecule has 1 aliphatic rings. The summed E-state index contributed by atoms with van der Waals surface area (Å²) >= 11 is 5.57. The number of aryl methyl sites for hydroxylation is 1. The fraction of sp³-hybridized carbons (Fsp3) is 0.833. The molecule has 0 bridgehead atoms. The Morgan fingerprint density at radius 2 is 1.84 bits per heavy atom. The van der Waals surface area contributed by atoms with E-state index in [1.807, 2.05) is 0 Å². The minimum Gasteiger partial charge on any atom is -0.425 e. The highest BCUT2D eigenvalue weighted by Gasteiger charge is 2.42. The van der Waals surface area contributed by atoms with Crippen LogP contribution in [0, 0.1) is 5.92 Å². The van der Waals surface area contributed by atoms with Gasteiger partial charge in [-0.3, -0.25) is 0 Å². The predicted octanol–water partition coefficient (Wildman–Crippen LogP) is 4.08. The Balaban J connectivity index is 1.89. The van der Waals surface area contributed by atoms with E-state index in [2.05, 4.69) is 10.2 Å². The van der Waals surface area contributed by atoms with Gasteiger partial charge in [-0.05, 0) is 32.1 Å². The second-order valence-corrected chi connectivity index (χ2v) is 5.29. The minimum absolute atomic E-state index is 0.0316. The first kappa shape index (κ1) is 14.6. The lowest BCUT2D eigenvalue weighted by atomic mass is 9.81. The highest BCUT2D eigenvalue weighted by Crippen LogP contribution is 2.42. The van der Waals surface area contributed by atoms with Crippen molar-refractivity contribution in [1.29, 1.82) is 0 Å². The first-order chi connectivity index (χ1) is 9.00. The number of nitrogens with zero attached hydrogens (tertiary/aromatic N) is 2. The molecular formula is C12H16ClF3N2O. The van der Waals surface area contributed by atoms with Crippen molar-refractivity contribution < 1.29 is 17.6 Å². The molecule has 1 aromatic rings. The summed E-state index contributed by atoms with van der Waals surface area (Å²) in [5.74, 6) is 0.311. The summed E-state index contributed by atoms with van der Waals surface area (Å²) in [7, 11) is 0. The molecule has 1 aliphatic carbocycles. The van der Waals surface area contributed by atoms with Gasteiger partial charge in [0, 0.05) is 18.2 Å². The molecule has 2 rings (SSSR count). The zero-order valence-electron chi connectivity index (χ0n) is 10.4. The molecule has 1 aromatic heterocycles. The van der Waals surface area contributed by atoms with Crippen LogP contribution in [0.3, 0.4) is 0 Å². The van der Waals surface area contributed by atoms with Crippen molar-refractivity contribution in [3.05, 3.63) is 11.8 Å². The Hall–Kier alpha value is -0.780. The van der Waals surface area contributed by atoms with E-state index >= 15 is 0 Å². The number of hydrogen-bond acceptors (Lipinski definition) is 3. The average molecular weight is 297 g/mol. The van der Waals surface area contributed by atoms with Gasteiger partial charge in [0.15, 0.2) is 0 Å². The lowest BCUT2D eigenvalue weighted by Crippen LogP contribution is -2.27. The third kappa shape index (κ3) is 3.84. The monoisotopic (exact) mass is 296 g/mol. The maximum absolute atomic E-state index is 12.6. The summed E-state index contributed by atoms with van der Waals surface area (Å²) in [5.41, 5.74) is 0. The van der Waals surface area contributed by atoms with Crippen LogP contribution in [0.1, 0.15) is 49.8 Å². The van der Waals surface area contributed by atoms with E-state index in [1.165, 1.54) is 0 Å². The molecule has 108 valence electrons. The molecule has 7 heteroatoms. The Morgan fingerprint density at radius 3 is 2.42 bits per heavy atom. The van der Waals surface area contributed by atoms with E-state index in [9.17, 15) is 13.2 Å². The normalized spacial score (nSPS) is 24.6. The van der Waals surface area contributed by atoms with Crippen molar-refractivity contribution in [2.45, 2.75) is 50.6 Å². The largest absolute Gasteiger partial charge is 0.425 e. The quantitative estimate of drug-likeness (QED) is 0.786. The number of hydrogen-bond donors (Lipinski definition) is 0. The second-order valence-electron chi connectivity index (χ2n) is 4.92. The molecule has 19 heavy (non-hydrogen) atoms. The van der Waals surface area contributed by atoms with Crippen LogP contribution < -0.4 is 0 Å². The lowest BCUT2D eigenvalue weighted by molar-refractivity contribution is -0.182. The standard InChI is InChI=1S/C12H16ClF3N2O/c13-7-1-2-10-17-18-11(19-10)8-3-5-9(6-4-8)12(14,15)16/h8-9H,1-7H2. The van der Waals surface area contributed by atoms with Gasteiger partial charge in [0.1, 0.15) is 0 Å². The van der Waals surface area contributed by atoms with Crippen LogP contribution >= 0.6 is 11.6 Å². The number of rotatable bonds is 4. The van der Waals surface area contributed by atoms with Crippen LogP contribution in [-0.2, 0) is 6.42 Å². The molecule has 0 unspecified atom stereocenters. The van der Waals surface area contributed by atoms with Crippen LogP contribution in [0.15, 0.2) is 4.42 Å². The zero-order valence-corrected chi connectivity index (χ0v) is 11.2. The smallest absolute Gasteiger partial charge is 0.391 e. The van der Waals surface area contributed by atoms with E-state index in [0.29, 0.717) is 36.9 Å². The van der Waals surface area contributed by atoms with Gasteiger partial charge in [-0.1, -0.05) is 0 Å². The molecule has 0 aromatic carbocycles. The van der Waals surface area contributed by atoms with Crippen LogP contribution in [0.5, 0.6) is 0 Å². The minimum atomic E-state index is -4.08. The van der Waals surface area contributed by atoms with Crippen molar-refractivity contribution in [2.75, 3.05) is 5.88 Å². The highest BCUT2D eigenvalue weighted by molar-refractivity contribution is 6.17. The molecule has 1 heterocycles. The number of aromatic nitrogens is 2. The SMILES string of the molecule is FC(F)(F)C1CCC(c2nnc(CCCCl)o2)CC1. The summed E-state index contributed by atoms with van der Waals surface area (Å²) in [5, 5.41) is 7.84. The molecule has 0 N–H and O–H groups in total. The maximum Gasteiger partial charge on any atom is 0.391 e. The summed E-state index contributed by atoms with van der Waals surface area (Å²) in [6, 6.07) is 0. The first-order valence-corrected chi connectivity index (χ1v) is 6.99. The molecule has 0 aliphatic heterocycles. The van der Waals surface area contributed by atoms with Crippen LogP contribution in [0.4, 0.5) is 13.2 Å². The van der Waals surface area contributed by atoms with Gasteiger partial charge < -0.3 is 4.42 Å². The van der Waals surface area contributed by atoms with Gasteiger partial charge >= 0.3 is 6.18 Å². The Labute approximate surface area is 114 Å². The van der Waals surface area contributed by atoms with Gasteiger partial charge in [0.05, 0.1) is 5.92 Å². The number of halogens is 4. The summed E-state index contributed by atoms with van der Waals surface area (Å²) < 4.78 is 43.1. The van der Waals surface area contributed by atoms with Gasteiger partial charge in [-0.15, -0.1) is 21.8 Å². The van der Waals surface area contributed by atoms with Crippen LogP contribution in [0.25, 0.3) is 0 Å². The summed E-state index contributed by atoms with van der Waals surface area (Å²) in [6.07, 6.45) is -1.49. The molecule has 0 amide bonds. The van der Waals surface area contributed by atoms with Crippen molar-refractivity contribution in [3.8, 4) is 0 Å². The van der Waals surface area contributed by atoms with E-state index in [1.54, 1.807) is 0 Å². The van der Waals surface area contributed by atoms with E-state index in [-0.39, 0.29) is 18.8 Å². The third-order valence-corrected chi connectivity index (χ3v) is 3.81. The van der Waals surface area contributed by atoms with Gasteiger partial charge in [-0.25, -0.2) is 0 Å². The Morgan fingerprint density at radius 1 is 1.16 bits per heavy atom. The van der Waals surface area contributed by atoms with E-state index in [0.717, 1.165) is 6.42 Å². The molecule has 1 saturated carbocycles. The van der Waals surface area contributed by atoms with Gasteiger partial charge in [0.2, 0.25) is 11.8 Å². The fourth-order valence-corrected chi connectivity index (χ4v) is 2.55. The Kier molecular flexibility index (Phi) is 4.71. The summed E-state index contributed by atoms with van der Waals surface area (Å²) in [6.45, 7) is 0. The molecule has 0 spiro atoms. The molecule has 0 radical (unpaired) electrons. The first-order valence-electron chi connectivity index (χ1n) is 6.45. The van der Waals surface area contributed by atoms with Gasteiger partial charge in [-0.2, -0.15) is 13.2 Å². The van der Waals surface area contributed by atoms with Crippen molar-refractivity contribution in [1.82, 2.24) is 10.2 Å². The summed E-state index contributed by atoms with van der Waals surface area (Å²) in [4.78, 5) is 0. The molecule has 1 fully saturated rings. The lowest BCUT2D eigenvalue weighted by Gasteiger charge is -2.27. The molecule has 0 atom stereocenters. The highest BCUT2D eigenvalue weighted by atomic mass is 35.5. The maximum atomic E-state index is 12.6. The Bertz CT molecular complexity index is 400. The fourth-order valence-electron chi connectivity index (χ4n) is 2.42. The topological polar surface area (TPSA) is 38.9 Å². The van der Waals surface area contributed by atoms with Gasteiger partial charge in [0.25, 0.3) is 0 Å². The molecule has 0 saturated heterocycles. The van der Waals surface area contributed by atoms with Crippen molar-refractivity contribution in [3.63, 3.8) is 0 Å². The van der Waals surface area contributed by atoms with E-state index in [4.69, 9.17) is 16.0 Å². The second kappa shape index (κ2) is 6.11. The van der Waals surface area contributed by atoms with E-state index < -0.39 is 12.1 Å². The average Bonchev–Trinajstić information content (AvgIpc) is 2.84. The van der Waals surface area contributed by atoms with Crippen molar-refractivity contribution >= 4 is 11.6 Å².